The molecule has 1 saturated carbocycles. The molecule has 1 aliphatic carbocycles. The Kier molecular flexibility index (Phi) is 6.86. The van der Waals surface area contributed by atoms with Gasteiger partial charge in [-0.05, 0) is 56.5 Å². The molecule has 0 N–H and O–H groups in total. The lowest BCUT2D eigenvalue weighted by Gasteiger charge is -2.27. The first kappa shape index (κ1) is 22.8. The van der Waals surface area contributed by atoms with Crippen molar-refractivity contribution in [1.29, 1.82) is 0 Å². The Morgan fingerprint density at radius 2 is 1.81 bits per heavy atom. The van der Waals surface area contributed by atoms with Crippen molar-refractivity contribution in [2.45, 2.75) is 63.3 Å². The van der Waals surface area contributed by atoms with Crippen molar-refractivity contribution < 1.29 is 8.42 Å². The van der Waals surface area contributed by atoms with E-state index < -0.39 is 10.0 Å². The third-order valence-corrected chi connectivity index (χ3v) is 8.13. The highest BCUT2D eigenvalue weighted by Crippen LogP contribution is 2.39. The molecular weight excluding hydrogens is 444 g/mol. The lowest BCUT2D eigenvalue weighted by molar-refractivity contribution is 0.510. The van der Waals surface area contributed by atoms with Crippen molar-refractivity contribution in [2.24, 2.45) is 0 Å². The van der Waals surface area contributed by atoms with Crippen molar-refractivity contribution in [2.75, 3.05) is 10.8 Å². The number of rotatable bonds is 8. The van der Waals surface area contributed by atoms with Crippen LogP contribution in [0.2, 0.25) is 5.02 Å². The van der Waals surface area contributed by atoms with Crippen LogP contribution in [0.25, 0.3) is 11.4 Å². The van der Waals surface area contributed by atoms with Crippen molar-refractivity contribution in [3.63, 3.8) is 0 Å². The summed E-state index contributed by atoms with van der Waals surface area (Å²) in [5, 5.41) is 9.37. The summed E-state index contributed by atoms with van der Waals surface area (Å²) >= 11 is 6.40. The number of halogens is 1. The van der Waals surface area contributed by atoms with Gasteiger partial charge in [0, 0.05) is 23.2 Å². The largest absolute Gasteiger partial charge is 0.308 e. The summed E-state index contributed by atoms with van der Waals surface area (Å²) in [4.78, 5) is 0.269. The second kappa shape index (κ2) is 9.63. The average molecular weight is 473 g/mol. The molecule has 4 rings (SSSR count). The van der Waals surface area contributed by atoms with E-state index in [9.17, 15) is 8.42 Å². The number of aromatic nitrogens is 3. The highest BCUT2D eigenvalue weighted by Gasteiger charge is 2.30. The van der Waals surface area contributed by atoms with Gasteiger partial charge in [-0.1, -0.05) is 56.0 Å². The Balaban J connectivity index is 1.88. The van der Waals surface area contributed by atoms with Gasteiger partial charge >= 0.3 is 0 Å². The summed E-state index contributed by atoms with van der Waals surface area (Å²) in [6, 6.07) is 14.2. The van der Waals surface area contributed by atoms with E-state index in [4.69, 9.17) is 11.6 Å². The predicted octanol–water partition coefficient (Wildman–Crippen LogP) is 6.02. The fourth-order valence-corrected chi connectivity index (χ4v) is 6.16. The van der Waals surface area contributed by atoms with Gasteiger partial charge in [-0.2, -0.15) is 0 Å². The second-order valence-corrected chi connectivity index (χ2v) is 10.6. The topological polar surface area (TPSA) is 68.1 Å². The Hall–Kier alpha value is -2.38. The number of nitrogens with zero attached hydrogens (tertiary/aromatic N) is 4. The van der Waals surface area contributed by atoms with E-state index in [1.807, 2.05) is 19.1 Å². The van der Waals surface area contributed by atoms with E-state index in [0.717, 1.165) is 31.5 Å². The first-order valence-electron chi connectivity index (χ1n) is 11.2. The van der Waals surface area contributed by atoms with Crippen LogP contribution in [0.4, 0.5) is 5.69 Å². The molecule has 2 aromatic carbocycles. The lowest BCUT2D eigenvalue weighted by atomic mass is 10.1. The molecule has 0 amide bonds. The SMILES string of the molecule is CCCCN(c1ccc(Cl)cc1-c1nnc(C)n1C1CCCC1)S(=O)(=O)c1ccccc1. The van der Waals surface area contributed by atoms with Crippen LogP contribution in [-0.4, -0.2) is 29.7 Å². The molecule has 0 atom stereocenters. The van der Waals surface area contributed by atoms with Gasteiger partial charge in [-0.3, -0.25) is 4.31 Å². The highest BCUT2D eigenvalue weighted by molar-refractivity contribution is 7.92. The smallest absolute Gasteiger partial charge is 0.264 e. The molecule has 3 aromatic rings. The van der Waals surface area contributed by atoms with E-state index in [-0.39, 0.29) is 4.90 Å². The monoisotopic (exact) mass is 472 g/mol. The summed E-state index contributed by atoms with van der Waals surface area (Å²) in [5.74, 6) is 1.51. The van der Waals surface area contributed by atoms with E-state index in [1.165, 1.54) is 17.1 Å². The number of sulfonamides is 1. The molecule has 1 fully saturated rings. The minimum absolute atomic E-state index is 0.269. The van der Waals surface area contributed by atoms with Gasteiger partial charge < -0.3 is 4.57 Å². The third-order valence-electron chi connectivity index (χ3n) is 6.07. The summed E-state index contributed by atoms with van der Waals surface area (Å²) in [7, 11) is -3.76. The van der Waals surface area contributed by atoms with E-state index in [1.54, 1.807) is 36.4 Å². The number of aryl methyl sites for hydroxylation is 1. The van der Waals surface area contributed by atoms with Crippen LogP contribution in [0.5, 0.6) is 0 Å². The van der Waals surface area contributed by atoms with Crippen LogP contribution < -0.4 is 4.31 Å². The molecule has 32 heavy (non-hydrogen) atoms. The van der Waals surface area contributed by atoms with E-state index >= 15 is 0 Å². The van der Waals surface area contributed by atoms with Crippen LogP contribution in [0, 0.1) is 6.92 Å². The molecule has 0 unspecified atom stereocenters. The number of benzene rings is 2. The van der Waals surface area contributed by atoms with Gasteiger partial charge in [0.1, 0.15) is 5.82 Å². The third kappa shape index (κ3) is 4.41. The average Bonchev–Trinajstić information content (AvgIpc) is 3.44. The van der Waals surface area contributed by atoms with Crippen LogP contribution >= 0.6 is 11.6 Å². The fraction of sp³-hybridized carbons (Fsp3) is 0.417. The number of hydrogen-bond acceptors (Lipinski definition) is 4. The summed E-state index contributed by atoms with van der Waals surface area (Å²) in [6.45, 7) is 4.38. The summed E-state index contributed by atoms with van der Waals surface area (Å²) in [6.07, 6.45) is 6.11. The van der Waals surface area contributed by atoms with Crippen LogP contribution in [-0.2, 0) is 10.0 Å². The Morgan fingerprint density at radius 3 is 2.50 bits per heavy atom. The molecular formula is C24H29ClN4O2S. The fourth-order valence-electron chi connectivity index (χ4n) is 4.45. The maximum absolute atomic E-state index is 13.7. The molecule has 8 heteroatoms. The Bertz CT molecular complexity index is 1170. The zero-order chi connectivity index (χ0) is 22.7. The van der Waals surface area contributed by atoms with Crippen molar-refractivity contribution in [3.05, 3.63) is 59.4 Å². The van der Waals surface area contributed by atoms with Crippen LogP contribution in [0.15, 0.2) is 53.4 Å². The van der Waals surface area contributed by atoms with Crippen LogP contribution in [0.3, 0.4) is 0 Å². The van der Waals surface area contributed by atoms with Gasteiger partial charge in [-0.15, -0.1) is 10.2 Å². The number of hydrogen-bond donors (Lipinski definition) is 0. The molecule has 1 heterocycles. The van der Waals surface area contributed by atoms with Gasteiger partial charge in [-0.25, -0.2) is 8.42 Å². The minimum atomic E-state index is -3.76. The molecule has 1 aliphatic rings. The van der Waals surface area contributed by atoms with Gasteiger partial charge in [0.25, 0.3) is 10.0 Å². The molecule has 170 valence electrons. The maximum atomic E-state index is 13.7. The number of unbranched alkanes of at least 4 members (excludes halogenated alkanes) is 1. The highest BCUT2D eigenvalue weighted by atomic mass is 35.5. The first-order chi connectivity index (χ1) is 15.4. The predicted molar refractivity (Wildman–Crippen MR) is 129 cm³/mol. The molecule has 0 saturated heterocycles. The minimum Gasteiger partial charge on any atom is -0.308 e. The van der Waals surface area contributed by atoms with Crippen molar-refractivity contribution in [1.82, 2.24) is 14.8 Å². The molecule has 0 spiro atoms. The molecule has 1 aromatic heterocycles. The summed E-state index contributed by atoms with van der Waals surface area (Å²) < 4.78 is 31.1. The van der Waals surface area contributed by atoms with E-state index in [2.05, 4.69) is 21.7 Å². The van der Waals surface area contributed by atoms with Crippen molar-refractivity contribution >= 4 is 27.3 Å². The van der Waals surface area contributed by atoms with E-state index in [0.29, 0.717) is 34.7 Å². The summed E-state index contributed by atoms with van der Waals surface area (Å²) in [5.41, 5.74) is 1.28. The van der Waals surface area contributed by atoms with Gasteiger partial charge in [0.05, 0.1) is 10.6 Å². The quantitative estimate of drug-likeness (QED) is 0.402. The molecule has 6 nitrogen and oxygen atoms in total. The Morgan fingerprint density at radius 1 is 1.09 bits per heavy atom. The normalized spacial score (nSPS) is 14.7. The molecule has 0 aliphatic heterocycles. The molecule has 0 bridgehead atoms. The first-order valence-corrected chi connectivity index (χ1v) is 13.0. The van der Waals surface area contributed by atoms with Gasteiger partial charge in [0.15, 0.2) is 5.82 Å². The second-order valence-electron chi connectivity index (χ2n) is 8.28. The Labute approximate surface area is 195 Å². The van der Waals surface area contributed by atoms with Gasteiger partial charge in [0.2, 0.25) is 0 Å². The van der Waals surface area contributed by atoms with Crippen molar-refractivity contribution in [3.8, 4) is 11.4 Å². The number of anilines is 1. The zero-order valence-electron chi connectivity index (χ0n) is 18.5. The standard InChI is InChI=1S/C24H29ClN4O2S/c1-3-4-16-28(32(30,31)21-12-6-5-7-13-21)23-15-14-19(25)17-22(23)24-27-26-18(2)29(24)20-10-8-9-11-20/h5-7,12-15,17,20H,3-4,8-11,16H2,1-2H3. The lowest BCUT2D eigenvalue weighted by Crippen LogP contribution is -2.32. The van der Waals surface area contributed by atoms with Crippen LogP contribution in [0.1, 0.15) is 57.3 Å². The maximum Gasteiger partial charge on any atom is 0.264 e. The molecule has 0 radical (unpaired) electrons. The zero-order valence-corrected chi connectivity index (χ0v) is 20.1.